The van der Waals surface area contributed by atoms with Gasteiger partial charge in [-0.3, -0.25) is 14.9 Å². The number of benzene rings is 1. The van der Waals surface area contributed by atoms with Crippen molar-refractivity contribution in [2.75, 3.05) is 0 Å². The summed E-state index contributed by atoms with van der Waals surface area (Å²) < 4.78 is 5.02. The molecule has 7 heteroatoms. The molecule has 2 aromatic heterocycles. The Morgan fingerprint density at radius 1 is 1.21 bits per heavy atom. The van der Waals surface area contributed by atoms with Gasteiger partial charge in [0.1, 0.15) is 11.1 Å². The van der Waals surface area contributed by atoms with E-state index in [0.29, 0.717) is 0 Å². The average Bonchev–Trinajstić information content (AvgIpc) is 2.38. The lowest BCUT2D eigenvalue weighted by molar-refractivity contribution is -0.384. The van der Waals surface area contributed by atoms with Crippen molar-refractivity contribution in [3.8, 4) is 0 Å². The molecule has 0 aliphatic carbocycles. The van der Waals surface area contributed by atoms with E-state index >= 15 is 0 Å². The second-order valence-corrected chi connectivity index (χ2v) is 3.92. The fraction of sp³-hybridized carbons (Fsp3) is 0. The summed E-state index contributed by atoms with van der Waals surface area (Å²) in [6.07, 6.45) is 1.32. The number of aromatic amines is 1. The maximum absolute atomic E-state index is 11.9. The van der Waals surface area contributed by atoms with E-state index in [1.807, 2.05) is 0 Å². The van der Waals surface area contributed by atoms with Crippen LogP contribution >= 0.6 is 0 Å². The Kier molecular flexibility index (Phi) is 2.21. The molecule has 0 saturated carbocycles. The number of H-pyrrole nitrogens is 1. The molecule has 1 aromatic carbocycles. The lowest BCUT2D eigenvalue weighted by atomic mass is 10.1. The molecule has 3 aromatic rings. The van der Waals surface area contributed by atoms with Gasteiger partial charge in [0, 0.05) is 29.8 Å². The van der Waals surface area contributed by atoms with Crippen molar-refractivity contribution in [1.82, 2.24) is 4.98 Å². The fourth-order valence-electron chi connectivity index (χ4n) is 1.97. The maximum Gasteiger partial charge on any atom is 0.360 e. The van der Waals surface area contributed by atoms with E-state index in [-0.39, 0.29) is 27.6 Å². The third kappa shape index (κ3) is 1.60. The Hall–Kier alpha value is -2.96. The molecule has 0 radical (unpaired) electrons. The summed E-state index contributed by atoms with van der Waals surface area (Å²) in [6, 6.07) is 4.99. The summed E-state index contributed by atoms with van der Waals surface area (Å²) in [7, 11) is 0. The summed E-state index contributed by atoms with van der Waals surface area (Å²) in [5, 5.41) is 11.1. The molecular weight excluding hydrogens is 252 g/mol. The van der Waals surface area contributed by atoms with Crippen LogP contribution in [-0.4, -0.2) is 9.91 Å². The number of nitrogens with zero attached hydrogens (tertiary/aromatic N) is 1. The van der Waals surface area contributed by atoms with Gasteiger partial charge in [0.2, 0.25) is 0 Å². The van der Waals surface area contributed by atoms with Crippen LogP contribution in [0.3, 0.4) is 0 Å². The van der Waals surface area contributed by atoms with E-state index in [9.17, 15) is 19.7 Å². The van der Waals surface area contributed by atoms with E-state index in [2.05, 4.69) is 4.98 Å². The quantitative estimate of drug-likeness (QED) is 0.308. The molecule has 7 nitrogen and oxygen atoms in total. The van der Waals surface area contributed by atoms with Crippen molar-refractivity contribution in [3.63, 3.8) is 0 Å². The smallest absolute Gasteiger partial charge is 0.360 e. The zero-order chi connectivity index (χ0) is 13.6. The van der Waals surface area contributed by atoms with Gasteiger partial charge in [-0.25, -0.2) is 4.79 Å². The van der Waals surface area contributed by atoms with Crippen LogP contribution in [0.25, 0.3) is 21.9 Å². The Morgan fingerprint density at radius 2 is 2.00 bits per heavy atom. The van der Waals surface area contributed by atoms with E-state index in [4.69, 9.17) is 4.42 Å². The first kappa shape index (κ1) is 11.1. The highest BCUT2D eigenvalue weighted by atomic mass is 16.6. The lowest BCUT2D eigenvalue weighted by Gasteiger charge is -2.01. The molecule has 0 aliphatic heterocycles. The minimum Gasteiger partial charge on any atom is -0.421 e. The highest BCUT2D eigenvalue weighted by molar-refractivity contribution is 6.03. The van der Waals surface area contributed by atoms with Crippen LogP contribution in [0.15, 0.2) is 44.5 Å². The van der Waals surface area contributed by atoms with Gasteiger partial charge in [-0.15, -0.1) is 0 Å². The molecule has 19 heavy (non-hydrogen) atoms. The summed E-state index contributed by atoms with van der Waals surface area (Å²) in [4.78, 5) is 36.4. The Balaban J connectivity index is 2.63. The Bertz CT molecular complexity index is 938. The van der Waals surface area contributed by atoms with Gasteiger partial charge >= 0.3 is 5.63 Å². The van der Waals surface area contributed by atoms with Crippen molar-refractivity contribution in [1.29, 1.82) is 0 Å². The second kappa shape index (κ2) is 3.77. The van der Waals surface area contributed by atoms with Crippen LogP contribution in [0.4, 0.5) is 5.69 Å². The third-order valence-electron chi connectivity index (χ3n) is 2.81. The first-order valence-corrected chi connectivity index (χ1v) is 5.30. The molecule has 3 rings (SSSR count). The van der Waals surface area contributed by atoms with Crippen LogP contribution in [0.5, 0.6) is 0 Å². The third-order valence-corrected chi connectivity index (χ3v) is 2.81. The molecule has 0 amide bonds. The molecule has 0 unspecified atom stereocenters. The van der Waals surface area contributed by atoms with E-state index in [1.54, 1.807) is 0 Å². The SMILES string of the molecule is O=c1oc2ccc([N+](=O)[O-])cc2c2c(=O)cc[nH]c12. The first-order valence-electron chi connectivity index (χ1n) is 5.30. The number of nitro benzene ring substituents is 1. The maximum atomic E-state index is 11.9. The number of hydrogen-bond acceptors (Lipinski definition) is 5. The van der Waals surface area contributed by atoms with Gasteiger partial charge < -0.3 is 9.40 Å². The number of nitro groups is 1. The van der Waals surface area contributed by atoms with E-state index in [0.717, 1.165) is 0 Å². The summed E-state index contributed by atoms with van der Waals surface area (Å²) in [5.74, 6) is 0. The summed E-state index contributed by atoms with van der Waals surface area (Å²) >= 11 is 0. The average molecular weight is 258 g/mol. The molecule has 0 fully saturated rings. The van der Waals surface area contributed by atoms with Gasteiger partial charge in [0.15, 0.2) is 5.43 Å². The zero-order valence-corrected chi connectivity index (χ0v) is 9.38. The minimum atomic E-state index is -0.686. The zero-order valence-electron chi connectivity index (χ0n) is 9.38. The standard InChI is InChI=1S/C12H6N2O5/c15-8-3-4-13-11-10(8)7-5-6(14(17)18)1-2-9(7)19-12(11)16/h1-5H,(H,13,15). The Morgan fingerprint density at radius 3 is 2.74 bits per heavy atom. The van der Waals surface area contributed by atoms with Gasteiger partial charge in [-0.05, 0) is 6.07 Å². The topological polar surface area (TPSA) is 106 Å². The fourth-order valence-corrected chi connectivity index (χ4v) is 1.97. The molecule has 2 heterocycles. The molecular formula is C12H6N2O5. The summed E-state index contributed by atoms with van der Waals surface area (Å²) in [5.41, 5.74) is -1.12. The molecule has 0 atom stereocenters. The molecule has 0 spiro atoms. The molecule has 1 N–H and O–H groups in total. The molecule has 94 valence electrons. The normalized spacial score (nSPS) is 10.9. The monoisotopic (exact) mass is 258 g/mol. The highest BCUT2D eigenvalue weighted by Crippen LogP contribution is 2.23. The van der Waals surface area contributed by atoms with Gasteiger partial charge in [-0.1, -0.05) is 0 Å². The van der Waals surface area contributed by atoms with Gasteiger partial charge in [-0.2, -0.15) is 0 Å². The number of aromatic nitrogens is 1. The van der Waals surface area contributed by atoms with Crippen molar-refractivity contribution < 1.29 is 9.34 Å². The van der Waals surface area contributed by atoms with Crippen molar-refractivity contribution >= 4 is 27.6 Å². The minimum absolute atomic E-state index is 0.000461. The van der Waals surface area contributed by atoms with Gasteiger partial charge in [0.05, 0.1) is 10.3 Å². The van der Waals surface area contributed by atoms with Crippen LogP contribution in [-0.2, 0) is 0 Å². The number of fused-ring (bicyclic) bond motifs is 3. The molecule has 0 bridgehead atoms. The van der Waals surface area contributed by atoms with E-state index < -0.39 is 16.0 Å². The predicted octanol–water partition coefficient (Wildman–Crippen LogP) is 1.54. The number of non-ortho nitro benzene ring substituents is 1. The van der Waals surface area contributed by atoms with Crippen molar-refractivity contribution in [2.24, 2.45) is 0 Å². The van der Waals surface area contributed by atoms with E-state index in [1.165, 1.54) is 30.5 Å². The number of hydrogen-bond donors (Lipinski definition) is 1. The molecule has 0 saturated heterocycles. The van der Waals surface area contributed by atoms with Crippen LogP contribution < -0.4 is 11.1 Å². The number of rotatable bonds is 1. The van der Waals surface area contributed by atoms with Crippen LogP contribution in [0.1, 0.15) is 0 Å². The summed E-state index contributed by atoms with van der Waals surface area (Å²) in [6.45, 7) is 0. The number of pyridine rings is 1. The predicted molar refractivity (Wildman–Crippen MR) is 67.3 cm³/mol. The highest BCUT2D eigenvalue weighted by Gasteiger charge is 2.14. The second-order valence-electron chi connectivity index (χ2n) is 3.92. The largest absolute Gasteiger partial charge is 0.421 e. The van der Waals surface area contributed by atoms with Crippen LogP contribution in [0.2, 0.25) is 0 Å². The molecule has 0 aliphatic rings. The van der Waals surface area contributed by atoms with Gasteiger partial charge in [0.25, 0.3) is 5.69 Å². The number of nitrogens with one attached hydrogen (secondary N) is 1. The van der Waals surface area contributed by atoms with Crippen molar-refractivity contribution in [2.45, 2.75) is 0 Å². The Labute approximate surface area is 104 Å². The lowest BCUT2D eigenvalue weighted by Crippen LogP contribution is -2.09. The van der Waals surface area contributed by atoms with Crippen LogP contribution in [0, 0.1) is 10.1 Å². The van der Waals surface area contributed by atoms with Crippen molar-refractivity contribution in [3.05, 3.63) is 61.2 Å². The first-order chi connectivity index (χ1) is 9.08.